The minimum Gasteiger partial charge on any atom is -0.490 e. The van der Waals surface area contributed by atoms with Gasteiger partial charge < -0.3 is 19.5 Å². The van der Waals surface area contributed by atoms with Crippen molar-refractivity contribution in [2.24, 2.45) is 0 Å². The number of halogens is 5. The molecular weight excluding hydrogens is 468 g/mol. The summed E-state index contributed by atoms with van der Waals surface area (Å²) < 4.78 is 69.8. The Balaban J connectivity index is 2.06. The summed E-state index contributed by atoms with van der Waals surface area (Å²) in [6, 6.07) is 7.55. The Kier molecular flexibility index (Phi) is 7.27. The number of hydrogen-bond donors (Lipinski definition) is 1. The van der Waals surface area contributed by atoms with Gasteiger partial charge in [0.05, 0.1) is 29.9 Å². The van der Waals surface area contributed by atoms with E-state index in [2.05, 4.69) is 10.3 Å². The van der Waals surface area contributed by atoms with Gasteiger partial charge in [0.1, 0.15) is 11.6 Å². The Hall–Kier alpha value is -3.53. The van der Waals surface area contributed by atoms with Crippen LogP contribution in [0.3, 0.4) is 0 Å². The summed E-state index contributed by atoms with van der Waals surface area (Å²) in [4.78, 5) is 16.8. The summed E-state index contributed by atoms with van der Waals surface area (Å²) in [5.74, 6) is -1.84. The lowest BCUT2D eigenvalue weighted by Crippen LogP contribution is -2.15. The third-order valence-electron chi connectivity index (χ3n) is 4.25. The predicted octanol–water partition coefficient (Wildman–Crippen LogP) is 6.34. The number of benzene rings is 2. The normalized spacial score (nSPS) is 11.1. The van der Waals surface area contributed by atoms with Gasteiger partial charge in [0.25, 0.3) is 5.91 Å². The van der Waals surface area contributed by atoms with Gasteiger partial charge in [-0.15, -0.1) is 0 Å². The number of aromatic nitrogens is 1. The molecule has 1 aromatic heterocycles. The number of anilines is 1. The van der Waals surface area contributed by atoms with Gasteiger partial charge in [0, 0.05) is 24.0 Å². The topological polar surface area (TPSA) is 69.7 Å². The van der Waals surface area contributed by atoms with E-state index in [1.807, 2.05) is 0 Å². The summed E-state index contributed by atoms with van der Waals surface area (Å²) in [6.07, 6.45) is -3.44. The number of amides is 1. The summed E-state index contributed by atoms with van der Waals surface area (Å²) in [5, 5.41) is 1.83. The molecule has 0 saturated carbocycles. The molecular formula is C22H17ClF4N2O4. The van der Waals surface area contributed by atoms with Crippen molar-refractivity contribution in [3.8, 4) is 23.1 Å². The van der Waals surface area contributed by atoms with Gasteiger partial charge in [0.2, 0.25) is 5.88 Å². The first-order chi connectivity index (χ1) is 15.6. The Morgan fingerprint density at radius 3 is 2.52 bits per heavy atom. The average molecular weight is 485 g/mol. The maximum atomic E-state index is 13.6. The molecule has 0 aliphatic heterocycles. The standard InChI is InChI=1S/C22H17ClF4N2O4/c1-3-32-19-8-12(24)4-5-17(19)33-18-11-15(22(25,26)27)16(23)10-14(18)21(30)29-13-6-7-28-20(9-13)31-2/h4-11H,3H2,1-2H3,(H,28,29,30). The highest BCUT2D eigenvalue weighted by atomic mass is 35.5. The SMILES string of the molecule is CCOc1cc(F)ccc1Oc1cc(C(F)(F)F)c(Cl)cc1C(=O)Nc1ccnc(OC)c1. The van der Waals surface area contributed by atoms with Crippen LogP contribution in [-0.4, -0.2) is 24.6 Å². The van der Waals surface area contributed by atoms with Gasteiger partial charge in [-0.1, -0.05) is 11.6 Å². The number of methoxy groups -OCH3 is 1. The number of hydrogen-bond acceptors (Lipinski definition) is 5. The average Bonchev–Trinajstić information content (AvgIpc) is 2.76. The summed E-state index contributed by atoms with van der Waals surface area (Å²) >= 11 is 5.83. The molecule has 0 atom stereocenters. The van der Waals surface area contributed by atoms with Crippen LogP contribution in [0.5, 0.6) is 23.1 Å². The van der Waals surface area contributed by atoms with Crippen LogP contribution < -0.4 is 19.5 Å². The molecule has 0 radical (unpaired) electrons. The Labute approximate surface area is 191 Å². The van der Waals surface area contributed by atoms with Crippen LogP contribution in [0, 0.1) is 5.82 Å². The first-order valence-corrected chi connectivity index (χ1v) is 9.82. The molecule has 0 unspecified atom stereocenters. The highest BCUT2D eigenvalue weighted by Gasteiger charge is 2.35. The van der Waals surface area contributed by atoms with Crippen molar-refractivity contribution in [3.05, 3.63) is 70.6 Å². The fourth-order valence-electron chi connectivity index (χ4n) is 2.78. The highest BCUT2D eigenvalue weighted by molar-refractivity contribution is 6.32. The van der Waals surface area contributed by atoms with E-state index in [0.717, 1.165) is 18.2 Å². The predicted molar refractivity (Wildman–Crippen MR) is 113 cm³/mol. The maximum Gasteiger partial charge on any atom is 0.417 e. The Morgan fingerprint density at radius 2 is 1.85 bits per heavy atom. The molecule has 0 fully saturated rings. The number of nitrogens with zero attached hydrogens (tertiary/aromatic N) is 1. The third-order valence-corrected chi connectivity index (χ3v) is 4.56. The molecule has 6 nitrogen and oxygen atoms in total. The Morgan fingerprint density at radius 1 is 1.09 bits per heavy atom. The van der Waals surface area contributed by atoms with Gasteiger partial charge in [-0.25, -0.2) is 9.37 Å². The van der Waals surface area contributed by atoms with Gasteiger partial charge in [0.15, 0.2) is 11.5 Å². The molecule has 11 heteroatoms. The maximum absolute atomic E-state index is 13.6. The van der Waals surface area contributed by atoms with Gasteiger partial charge in [-0.3, -0.25) is 4.79 Å². The van der Waals surface area contributed by atoms with Crippen molar-refractivity contribution in [3.63, 3.8) is 0 Å². The van der Waals surface area contributed by atoms with Crippen LogP contribution in [0.25, 0.3) is 0 Å². The molecule has 0 aliphatic rings. The summed E-state index contributed by atoms with van der Waals surface area (Å²) in [6.45, 7) is 1.78. The van der Waals surface area contributed by atoms with Crippen LogP contribution >= 0.6 is 11.6 Å². The largest absolute Gasteiger partial charge is 0.490 e. The summed E-state index contributed by atoms with van der Waals surface area (Å²) in [5.41, 5.74) is -1.23. The van der Waals surface area contributed by atoms with Crippen molar-refractivity contribution >= 4 is 23.2 Å². The summed E-state index contributed by atoms with van der Waals surface area (Å²) in [7, 11) is 1.38. The van der Waals surface area contributed by atoms with Crippen LogP contribution in [-0.2, 0) is 6.18 Å². The number of carbonyl (C=O) groups is 1. The van der Waals surface area contributed by atoms with Crippen molar-refractivity contribution in [1.82, 2.24) is 4.98 Å². The molecule has 174 valence electrons. The molecule has 1 amide bonds. The fraction of sp³-hybridized carbons (Fsp3) is 0.182. The van der Waals surface area contributed by atoms with E-state index in [1.165, 1.54) is 31.5 Å². The van der Waals surface area contributed by atoms with Gasteiger partial charge >= 0.3 is 6.18 Å². The number of nitrogens with one attached hydrogen (secondary N) is 1. The van der Waals surface area contributed by atoms with Crippen LogP contribution in [0.1, 0.15) is 22.8 Å². The number of alkyl halides is 3. The smallest absolute Gasteiger partial charge is 0.417 e. The second kappa shape index (κ2) is 9.95. The first-order valence-electron chi connectivity index (χ1n) is 9.44. The number of pyridine rings is 1. The van der Waals surface area contributed by atoms with Crippen LogP contribution in [0.4, 0.5) is 23.2 Å². The van der Waals surface area contributed by atoms with E-state index in [1.54, 1.807) is 6.92 Å². The number of carbonyl (C=O) groups excluding carboxylic acids is 1. The lowest BCUT2D eigenvalue weighted by atomic mass is 10.1. The lowest BCUT2D eigenvalue weighted by Gasteiger charge is -2.17. The molecule has 1 heterocycles. The van der Waals surface area contributed by atoms with E-state index in [4.69, 9.17) is 25.8 Å². The van der Waals surface area contributed by atoms with E-state index in [9.17, 15) is 22.4 Å². The zero-order chi connectivity index (χ0) is 24.2. The molecule has 0 aliphatic carbocycles. The molecule has 2 aromatic carbocycles. The Bertz CT molecular complexity index is 1170. The molecule has 0 bridgehead atoms. The number of ether oxygens (including phenoxy) is 3. The molecule has 3 rings (SSSR count). The molecule has 3 aromatic rings. The van der Waals surface area contributed by atoms with Crippen molar-refractivity contribution in [2.75, 3.05) is 19.0 Å². The van der Waals surface area contributed by atoms with Crippen molar-refractivity contribution in [1.29, 1.82) is 0 Å². The highest BCUT2D eigenvalue weighted by Crippen LogP contribution is 2.41. The molecule has 33 heavy (non-hydrogen) atoms. The molecule has 0 saturated heterocycles. The van der Waals surface area contributed by atoms with E-state index in [-0.39, 0.29) is 35.2 Å². The fourth-order valence-corrected chi connectivity index (χ4v) is 3.05. The second-order valence-corrected chi connectivity index (χ2v) is 6.90. The van der Waals surface area contributed by atoms with E-state index >= 15 is 0 Å². The first kappa shape index (κ1) is 24.1. The monoisotopic (exact) mass is 484 g/mol. The van der Waals surface area contributed by atoms with Crippen LogP contribution in [0.2, 0.25) is 5.02 Å². The zero-order valence-electron chi connectivity index (χ0n) is 17.3. The minimum atomic E-state index is -4.81. The van der Waals surface area contributed by atoms with Crippen molar-refractivity contribution in [2.45, 2.75) is 13.1 Å². The quantitative estimate of drug-likeness (QED) is 0.396. The van der Waals surface area contributed by atoms with Crippen LogP contribution in [0.15, 0.2) is 48.7 Å². The van der Waals surface area contributed by atoms with Gasteiger partial charge in [-0.2, -0.15) is 13.2 Å². The zero-order valence-corrected chi connectivity index (χ0v) is 18.1. The molecule has 1 N–H and O–H groups in total. The second-order valence-electron chi connectivity index (χ2n) is 6.49. The third kappa shape index (κ3) is 5.83. The number of rotatable bonds is 7. The van der Waals surface area contributed by atoms with E-state index < -0.39 is 34.2 Å². The van der Waals surface area contributed by atoms with Crippen molar-refractivity contribution < 1.29 is 36.6 Å². The van der Waals surface area contributed by atoms with Gasteiger partial charge in [-0.05, 0) is 37.3 Å². The van der Waals surface area contributed by atoms with E-state index in [0.29, 0.717) is 6.07 Å². The molecule has 0 spiro atoms. The lowest BCUT2D eigenvalue weighted by molar-refractivity contribution is -0.137. The minimum absolute atomic E-state index is 0.0498.